The van der Waals surface area contributed by atoms with E-state index in [9.17, 15) is 8.78 Å². The van der Waals surface area contributed by atoms with Crippen molar-refractivity contribution >= 4 is 21.8 Å². The van der Waals surface area contributed by atoms with E-state index in [0.717, 1.165) is 6.07 Å². The fourth-order valence-electron chi connectivity index (χ4n) is 1.57. The molecular formula is C13H9BrF2N2O. The quantitative estimate of drug-likeness (QED) is 0.665. The van der Waals surface area contributed by atoms with Gasteiger partial charge in [0.25, 0.3) is 0 Å². The summed E-state index contributed by atoms with van der Waals surface area (Å²) in [5, 5.41) is 7.34. The number of halogens is 3. The Bertz CT molecular complexity index is 626. The van der Waals surface area contributed by atoms with Crippen LogP contribution in [-0.4, -0.2) is 5.84 Å². The number of hydrogen-bond acceptors (Lipinski definition) is 2. The van der Waals surface area contributed by atoms with E-state index in [1.165, 1.54) is 30.3 Å². The summed E-state index contributed by atoms with van der Waals surface area (Å²) < 4.78 is 32.7. The van der Waals surface area contributed by atoms with Crippen LogP contribution in [-0.2, 0) is 0 Å². The van der Waals surface area contributed by atoms with Gasteiger partial charge >= 0.3 is 0 Å². The average molecular weight is 327 g/mol. The summed E-state index contributed by atoms with van der Waals surface area (Å²) in [5.41, 5.74) is 5.16. The topological polar surface area (TPSA) is 59.1 Å². The number of benzene rings is 2. The van der Waals surface area contributed by atoms with Gasteiger partial charge in [0.2, 0.25) is 0 Å². The number of amidine groups is 1. The van der Waals surface area contributed by atoms with Crippen molar-refractivity contribution in [2.45, 2.75) is 0 Å². The number of nitrogens with one attached hydrogen (secondary N) is 1. The summed E-state index contributed by atoms with van der Waals surface area (Å²) in [6, 6.07) is 8.00. The SMILES string of the molecule is N=C(N)c1c(F)cccc1Oc1cc(F)cc(Br)c1. The highest BCUT2D eigenvalue weighted by atomic mass is 79.9. The van der Waals surface area contributed by atoms with Gasteiger partial charge in [-0.05, 0) is 24.3 Å². The van der Waals surface area contributed by atoms with Gasteiger partial charge in [-0.3, -0.25) is 5.41 Å². The lowest BCUT2D eigenvalue weighted by atomic mass is 10.1. The molecule has 3 N–H and O–H groups in total. The lowest BCUT2D eigenvalue weighted by Crippen LogP contribution is -2.14. The molecule has 0 fully saturated rings. The predicted molar refractivity (Wildman–Crippen MR) is 71.6 cm³/mol. The molecule has 2 aromatic carbocycles. The molecule has 0 bridgehead atoms. The van der Waals surface area contributed by atoms with Gasteiger partial charge in [-0.2, -0.15) is 0 Å². The molecule has 2 rings (SSSR count). The second-order valence-electron chi connectivity index (χ2n) is 3.73. The van der Waals surface area contributed by atoms with Crippen molar-refractivity contribution in [2.75, 3.05) is 0 Å². The number of hydrogen-bond donors (Lipinski definition) is 2. The highest BCUT2D eigenvalue weighted by Crippen LogP contribution is 2.29. The van der Waals surface area contributed by atoms with Gasteiger partial charge in [0.15, 0.2) is 0 Å². The minimum Gasteiger partial charge on any atom is -0.456 e. The van der Waals surface area contributed by atoms with Gasteiger partial charge in [-0.1, -0.05) is 22.0 Å². The van der Waals surface area contributed by atoms with E-state index in [1.807, 2.05) is 0 Å². The summed E-state index contributed by atoms with van der Waals surface area (Å²) in [4.78, 5) is 0. The molecule has 0 amide bonds. The van der Waals surface area contributed by atoms with Crippen molar-refractivity contribution in [3.05, 3.63) is 58.1 Å². The highest BCUT2D eigenvalue weighted by Gasteiger charge is 2.13. The third-order valence-electron chi connectivity index (χ3n) is 2.31. The maximum atomic E-state index is 13.6. The summed E-state index contributed by atoms with van der Waals surface area (Å²) in [6.07, 6.45) is 0. The standard InChI is InChI=1S/C13H9BrF2N2O/c14-7-4-8(15)6-9(5-7)19-11-3-1-2-10(16)12(11)13(17)18/h1-6H,(H3,17,18). The number of nitrogens with two attached hydrogens (primary N) is 1. The minimum atomic E-state index is -0.666. The molecule has 0 aromatic heterocycles. The van der Waals surface area contributed by atoms with E-state index in [4.69, 9.17) is 15.9 Å². The third-order valence-corrected chi connectivity index (χ3v) is 2.77. The Balaban J connectivity index is 2.43. The van der Waals surface area contributed by atoms with Crippen molar-refractivity contribution in [1.29, 1.82) is 5.41 Å². The first-order valence-corrected chi connectivity index (χ1v) is 6.03. The van der Waals surface area contributed by atoms with Gasteiger partial charge in [-0.25, -0.2) is 8.78 Å². The van der Waals surface area contributed by atoms with Gasteiger partial charge in [0.05, 0.1) is 5.56 Å². The van der Waals surface area contributed by atoms with Crippen LogP contribution in [0.1, 0.15) is 5.56 Å². The molecule has 0 saturated heterocycles. The Morgan fingerprint density at radius 3 is 2.58 bits per heavy atom. The molecule has 0 spiro atoms. The van der Waals surface area contributed by atoms with Crippen molar-refractivity contribution in [2.24, 2.45) is 5.73 Å². The Kier molecular flexibility index (Phi) is 3.80. The molecule has 0 aliphatic heterocycles. The van der Waals surface area contributed by atoms with E-state index in [2.05, 4.69) is 15.9 Å². The van der Waals surface area contributed by atoms with E-state index >= 15 is 0 Å². The molecular weight excluding hydrogens is 318 g/mol. The van der Waals surface area contributed by atoms with Gasteiger partial charge in [0, 0.05) is 10.5 Å². The van der Waals surface area contributed by atoms with E-state index < -0.39 is 17.5 Å². The first-order chi connectivity index (χ1) is 8.97. The Morgan fingerprint density at radius 2 is 1.95 bits per heavy atom. The first kappa shape index (κ1) is 13.5. The van der Waals surface area contributed by atoms with E-state index in [-0.39, 0.29) is 17.1 Å². The fraction of sp³-hybridized carbons (Fsp3) is 0. The molecule has 6 heteroatoms. The summed E-state index contributed by atoms with van der Waals surface area (Å²) in [5.74, 6) is -1.38. The van der Waals surface area contributed by atoms with Gasteiger partial charge in [-0.15, -0.1) is 0 Å². The highest BCUT2D eigenvalue weighted by molar-refractivity contribution is 9.10. The minimum absolute atomic E-state index is 0.0602. The average Bonchev–Trinajstić information content (AvgIpc) is 2.26. The number of nitrogen functional groups attached to an aromatic ring is 1. The summed E-state index contributed by atoms with van der Waals surface area (Å²) in [6.45, 7) is 0. The maximum absolute atomic E-state index is 13.6. The summed E-state index contributed by atoms with van der Waals surface area (Å²) >= 11 is 3.13. The molecule has 0 aliphatic rings. The predicted octanol–water partition coefficient (Wildman–Crippen LogP) is 3.80. The number of rotatable bonds is 3. The van der Waals surface area contributed by atoms with Crippen LogP contribution in [0.2, 0.25) is 0 Å². The number of ether oxygens (including phenoxy) is 1. The first-order valence-electron chi connectivity index (χ1n) is 5.24. The molecule has 0 saturated carbocycles. The zero-order chi connectivity index (χ0) is 14.0. The van der Waals surface area contributed by atoms with Crippen LogP contribution in [0.4, 0.5) is 8.78 Å². The van der Waals surface area contributed by atoms with Crippen LogP contribution in [0, 0.1) is 17.0 Å². The molecule has 98 valence electrons. The van der Waals surface area contributed by atoms with Crippen LogP contribution < -0.4 is 10.5 Å². The molecule has 0 unspecified atom stereocenters. The summed E-state index contributed by atoms with van der Waals surface area (Å²) in [7, 11) is 0. The van der Waals surface area contributed by atoms with Crippen LogP contribution in [0.25, 0.3) is 0 Å². The van der Waals surface area contributed by atoms with Crippen LogP contribution in [0.3, 0.4) is 0 Å². The Labute approximate surface area is 116 Å². The van der Waals surface area contributed by atoms with Crippen molar-refractivity contribution < 1.29 is 13.5 Å². The normalized spacial score (nSPS) is 10.3. The zero-order valence-electron chi connectivity index (χ0n) is 9.58. The van der Waals surface area contributed by atoms with E-state index in [0.29, 0.717) is 4.47 Å². The second kappa shape index (κ2) is 5.36. The Morgan fingerprint density at radius 1 is 1.21 bits per heavy atom. The largest absolute Gasteiger partial charge is 0.456 e. The zero-order valence-corrected chi connectivity index (χ0v) is 11.2. The fourth-order valence-corrected chi connectivity index (χ4v) is 2.01. The smallest absolute Gasteiger partial charge is 0.141 e. The lowest BCUT2D eigenvalue weighted by Gasteiger charge is -2.11. The van der Waals surface area contributed by atoms with Crippen molar-refractivity contribution in [3.8, 4) is 11.5 Å². The van der Waals surface area contributed by atoms with Crippen LogP contribution in [0.5, 0.6) is 11.5 Å². The molecule has 0 aliphatic carbocycles. The molecule has 3 nitrogen and oxygen atoms in total. The molecule has 0 atom stereocenters. The molecule has 0 heterocycles. The maximum Gasteiger partial charge on any atom is 0.141 e. The molecule has 19 heavy (non-hydrogen) atoms. The molecule has 0 radical (unpaired) electrons. The van der Waals surface area contributed by atoms with Crippen molar-refractivity contribution in [3.63, 3.8) is 0 Å². The lowest BCUT2D eigenvalue weighted by molar-refractivity contribution is 0.469. The third kappa shape index (κ3) is 3.08. The monoisotopic (exact) mass is 326 g/mol. The molecule has 2 aromatic rings. The van der Waals surface area contributed by atoms with Crippen LogP contribution >= 0.6 is 15.9 Å². The van der Waals surface area contributed by atoms with Crippen LogP contribution in [0.15, 0.2) is 40.9 Å². The Hall–Kier alpha value is -1.95. The van der Waals surface area contributed by atoms with E-state index in [1.54, 1.807) is 0 Å². The van der Waals surface area contributed by atoms with Crippen molar-refractivity contribution in [1.82, 2.24) is 0 Å². The van der Waals surface area contributed by atoms with Gasteiger partial charge in [0.1, 0.15) is 29.0 Å². The second-order valence-corrected chi connectivity index (χ2v) is 4.65. The van der Waals surface area contributed by atoms with Gasteiger partial charge < -0.3 is 10.5 Å².